The van der Waals surface area contributed by atoms with Gasteiger partial charge in [-0.2, -0.15) is 0 Å². The third kappa shape index (κ3) is 2.57. The lowest BCUT2D eigenvalue weighted by Crippen LogP contribution is -2.44. The highest BCUT2D eigenvalue weighted by atomic mass is 35.5. The molecule has 0 heterocycles. The minimum Gasteiger partial charge on any atom is -0.345 e. The molecule has 1 unspecified atom stereocenters. The zero-order chi connectivity index (χ0) is 12.6. The van der Waals surface area contributed by atoms with Crippen molar-refractivity contribution in [1.29, 1.82) is 0 Å². The van der Waals surface area contributed by atoms with E-state index < -0.39 is 6.04 Å². The molecule has 1 saturated carbocycles. The number of nitrogens with two attached hydrogens (primary N) is 1. The molecule has 0 bridgehead atoms. The lowest BCUT2D eigenvalue weighted by Gasteiger charge is -2.20. The molecule has 0 saturated heterocycles. The molecular weight excluding hydrogens is 259 g/mol. The number of hydrogen-bond donors (Lipinski definition) is 2. The molecule has 3 N–H and O–H groups in total. The quantitative estimate of drug-likeness (QED) is 0.888. The van der Waals surface area contributed by atoms with Crippen LogP contribution in [-0.4, -0.2) is 11.9 Å². The Morgan fingerprint density at radius 2 is 2.12 bits per heavy atom. The van der Waals surface area contributed by atoms with Crippen molar-refractivity contribution in [2.45, 2.75) is 31.3 Å². The zero-order valence-electron chi connectivity index (χ0n) is 9.47. The van der Waals surface area contributed by atoms with E-state index in [4.69, 9.17) is 28.9 Å². The summed E-state index contributed by atoms with van der Waals surface area (Å²) in [5.41, 5.74) is 6.12. The number of rotatable bonds is 3. The largest absolute Gasteiger partial charge is 0.345 e. The van der Waals surface area contributed by atoms with Crippen molar-refractivity contribution >= 4 is 29.1 Å². The normalized spacial score (nSPS) is 18.6. The maximum atomic E-state index is 11.6. The first-order valence-corrected chi connectivity index (χ1v) is 6.23. The Labute approximate surface area is 110 Å². The van der Waals surface area contributed by atoms with Crippen molar-refractivity contribution < 1.29 is 4.79 Å². The van der Waals surface area contributed by atoms with Gasteiger partial charge in [-0.15, -0.1) is 0 Å². The predicted molar refractivity (Wildman–Crippen MR) is 69.2 cm³/mol. The summed E-state index contributed by atoms with van der Waals surface area (Å²) in [5.74, 6) is -0.159. The van der Waals surface area contributed by atoms with E-state index in [1.54, 1.807) is 19.1 Å². The molecule has 2 rings (SSSR count). The third-order valence-corrected chi connectivity index (χ3v) is 3.52. The topological polar surface area (TPSA) is 55.1 Å². The maximum absolute atomic E-state index is 11.6. The molecule has 1 aromatic rings. The monoisotopic (exact) mass is 272 g/mol. The molecule has 17 heavy (non-hydrogen) atoms. The zero-order valence-corrected chi connectivity index (χ0v) is 11.0. The fraction of sp³-hybridized carbons (Fsp3) is 0.417. The summed E-state index contributed by atoms with van der Waals surface area (Å²) in [6.45, 7) is 1.66. The van der Waals surface area contributed by atoms with Gasteiger partial charge in [-0.1, -0.05) is 29.3 Å². The number of hydrogen-bond acceptors (Lipinski definition) is 2. The molecule has 1 amide bonds. The Bertz CT molecular complexity index is 456. The highest BCUT2D eigenvalue weighted by Crippen LogP contribution is 2.48. The minimum atomic E-state index is -0.515. The first-order valence-electron chi connectivity index (χ1n) is 5.48. The Balaban J connectivity index is 2.24. The van der Waals surface area contributed by atoms with Gasteiger partial charge in [-0.25, -0.2) is 0 Å². The molecule has 0 aromatic heterocycles. The van der Waals surface area contributed by atoms with Crippen LogP contribution in [0, 0.1) is 0 Å². The van der Waals surface area contributed by atoms with Crippen LogP contribution in [0.2, 0.25) is 10.0 Å². The van der Waals surface area contributed by atoms with Crippen LogP contribution in [0.15, 0.2) is 18.2 Å². The van der Waals surface area contributed by atoms with E-state index in [0.29, 0.717) is 10.0 Å². The van der Waals surface area contributed by atoms with Gasteiger partial charge in [0, 0.05) is 10.0 Å². The van der Waals surface area contributed by atoms with Crippen LogP contribution in [0.25, 0.3) is 0 Å². The Morgan fingerprint density at radius 1 is 1.47 bits per heavy atom. The first kappa shape index (κ1) is 12.7. The van der Waals surface area contributed by atoms with Crippen molar-refractivity contribution in [3.63, 3.8) is 0 Å². The fourth-order valence-corrected chi connectivity index (χ4v) is 2.40. The van der Waals surface area contributed by atoms with Gasteiger partial charge in [0.1, 0.15) is 0 Å². The SMILES string of the molecule is CC(N)C(=O)NC1(c2ccc(Cl)cc2Cl)CC1. The molecule has 1 fully saturated rings. The second-order valence-corrected chi connectivity index (χ2v) is 5.33. The Morgan fingerprint density at radius 3 is 2.59 bits per heavy atom. The second kappa shape index (κ2) is 4.48. The number of carbonyl (C=O) groups excluding carboxylic acids is 1. The summed E-state index contributed by atoms with van der Waals surface area (Å²) in [7, 11) is 0. The van der Waals surface area contributed by atoms with Gasteiger partial charge in [0.05, 0.1) is 11.6 Å². The molecule has 1 aliphatic rings. The summed E-state index contributed by atoms with van der Waals surface area (Å²) in [6, 6.07) is 4.81. The van der Waals surface area contributed by atoms with Gasteiger partial charge in [0.25, 0.3) is 0 Å². The first-order chi connectivity index (χ1) is 7.94. The molecular formula is C12H14Cl2N2O. The molecule has 1 aliphatic carbocycles. The van der Waals surface area contributed by atoms with E-state index in [9.17, 15) is 4.79 Å². The van der Waals surface area contributed by atoms with E-state index in [0.717, 1.165) is 18.4 Å². The van der Waals surface area contributed by atoms with E-state index >= 15 is 0 Å². The highest BCUT2D eigenvalue weighted by molar-refractivity contribution is 6.35. The fourth-order valence-electron chi connectivity index (χ4n) is 1.81. The van der Waals surface area contributed by atoms with Crippen molar-refractivity contribution in [3.05, 3.63) is 33.8 Å². The van der Waals surface area contributed by atoms with Crippen molar-refractivity contribution in [2.75, 3.05) is 0 Å². The van der Waals surface area contributed by atoms with Gasteiger partial charge in [0.15, 0.2) is 0 Å². The van der Waals surface area contributed by atoms with Crippen LogP contribution in [0.1, 0.15) is 25.3 Å². The molecule has 1 aromatic carbocycles. The summed E-state index contributed by atoms with van der Waals surface area (Å²) in [5, 5.41) is 4.13. The van der Waals surface area contributed by atoms with Crippen LogP contribution < -0.4 is 11.1 Å². The van der Waals surface area contributed by atoms with Crippen LogP contribution in [-0.2, 0) is 10.3 Å². The smallest absolute Gasteiger partial charge is 0.237 e. The van der Waals surface area contributed by atoms with Gasteiger partial charge in [0.2, 0.25) is 5.91 Å². The number of nitrogens with one attached hydrogen (secondary N) is 1. The summed E-state index contributed by atoms with van der Waals surface area (Å²) in [4.78, 5) is 11.6. The Hall–Kier alpha value is -0.770. The average molecular weight is 273 g/mol. The molecule has 92 valence electrons. The number of halogens is 2. The number of benzene rings is 1. The van der Waals surface area contributed by atoms with Crippen LogP contribution in [0.3, 0.4) is 0 Å². The third-order valence-electron chi connectivity index (χ3n) is 2.97. The number of carbonyl (C=O) groups is 1. The van der Waals surface area contributed by atoms with E-state index in [1.807, 2.05) is 6.07 Å². The van der Waals surface area contributed by atoms with Crippen molar-refractivity contribution in [3.8, 4) is 0 Å². The highest BCUT2D eigenvalue weighted by Gasteiger charge is 2.47. The molecule has 0 radical (unpaired) electrons. The summed E-state index contributed by atoms with van der Waals surface area (Å²) in [6.07, 6.45) is 1.76. The van der Waals surface area contributed by atoms with Crippen LogP contribution in [0.5, 0.6) is 0 Å². The summed E-state index contributed by atoms with van der Waals surface area (Å²) < 4.78 is 0. The van der Waals surface area contributed by atoms with Gasteiger partial charge in [-0.3, -0.25) is 4.79 Å². The standard InChI is InChI=1S/C12H14Cl2N2O/c1-7(15)11(17)16-12(4-5-12)9-3-2-8(13)6-10(9)14/h2-3,6-7H,4-5,15H2,1H3,(H,16,17). The van der Waals surface area contributed by atoms with Gasteiger partial charge in [-0.05, 0) is 37.5 Å². The molecule has 1 atom stereocenters. The lowest BCUT2D eigenvalue weighted by molar-refractivity contribution is -0.123. The predicted octanol–water partition coefficient (Wildman–Crippen LogP) is 2.45. The van der Waals surface area contributed by atoms with E-state index in [2.05, 4.69) is 5.32 Å². The second-order valence-electron chi connectivity index (χ2n) is 4.48. The average Bonchev–Trinajstić information content (AvgIpc) is 2.98. The van der Waals surface area contributed by atoms with E-state index in [1.165, 1.54) is 0 Å². The summed E-state index contributed by atoms with van der Waals surface area (Å²) >= 11 is 12.0. The maximum Gasteiger partial charge on any atom is 0.237 e. The molecule has 3 nitrogen and oxygen atoms in total. The van der Waals surface area contributed by atoms with Gasteiger partial charge >= 0.3 is 0 Å². The number of amides is 1. The molecule has 5 heteroatoms. The van der Waals surface area contributed by atoms with Crippen molar-refractivity contribution in [1.82, 2.24) is 5.32 Å². The van der Waals surface area contributed by atoms with Crippen LogP contribution >= 0.6 is 23.2 Å². The minimum absolute atomic E-state index is 0.159. The van der Waals surface area contributed by atoms with Crippen molar-refractivity contribution in [2.24, 2.45) is 5.73 Å². The van der Waals surface area contributed by atoms with Gasteiger partial charge < -0.3 is 11.1 Å². The van der Waals surface area contributed by atoms with Crippen LogP contribution in [0.4, 0.5) is 0 Å². The molecule has 0 aliphatic heterocycles. The Kier molecular flexibility index (Phi) is 3.34. The molecule has 0 spiro atoms. The van der Waals surface area contributed by atoms with E-state index in [-0.39, 0.29) is 11.4 Å². The lowest BCUT2D eigenvalue weighted by atomic mass is 10.0.